The molecule has 17 heavy (non-hydrogen) atoms. The number of halogens is 3. The van der Waals surface area contributed by atoms with Crippen molar-refractivity contribution in [3.63, 3.8) is 0 Å². The third-order valence-electron chi connectivity index (χ3n) is 1.80. The molecule has 0 aliphatic carbocycles. The Morgan fingerprint density at radius 1 is 1.41 bits per heavy atom. The number of pyridine rings is 1. The summed E-state index contributed by atoms with van der Waals surface area (Å²) in [4.78, 5) is 24.1. The molecule has 8 heteroatoms. The lowest BCUT2D eigenvalue weighted by Gasteiger charge is -2.10. The molecule has 0 unspecified atom stereocenters. The molecule has 5 nitrogen and oxygen atoms in total. The molecule has 1 rings (SSSR count). The van der Waals surface area contributed by atoms with Crippen molar-refractivity contribution in [3.8, 4) is 0 Å². The molecule has 0 aliphatic heterocycles. The van der Waals surface area contributed by atoms with Gasteiger partial charge in [-0.2, -0.15) is 13.2 Å². The highest BCUT2D eigenvalue weighted by Gasteiger charge is 2.34. The predicted molar refractivity (Wildman–Crippen MR) is 50.2 cm³/mol. The van der Waals surface area contributed by atoms with Crippen molar-refractivity contribution in [2.45, 2.75) is 13.1 Å². The van der Waals surface area contributed by atoms with Crippen LogP contribution in [0.15, 0.2) is 12.3 Å². The first-order chi connectivity index (χ1) is 7.71. The van der Waals surface area contributed by atoms with Crippen molar-refractivity contribution in [1.82, 2.24) is 4.98 Å². The predicted octanol–water partition coefficient (Wildman–Crippen LogP) is 1.43. The molecule has 0 aromatic carbocycles. The fraction of sp³-hybridized carbons (Fsp3) is 0.222. The fourth-order valence-corrected chi connectivity index (χ4v) is 1.12. The zero-order valence-corrected chi connectivity index (χ0v) is 8.50. The van der Waals surface area contributed by atoms with E-state index in [9.17, 15) is 22.8 Å². The van der Waals surface area contributed by atoms with Gasteiger partial charge in [0.15, 0.2) is 0 Å². The number of aliphatic carboxylic acids is 1. The summed E-state index contributed by atoms with van der Waals surface area (Å²) in [6.07, 6.45) is -3.84. The number of rotatable bonds is 1. The van der Waals surface area contributed by atoms with E-state index in [-0.39, 0.29) is 11.3 Å². The molecule has 0 fully saturated rings. The van der Waals surface area contributed by atoms with Gasteiger partial charge in [-0.1, -0.05) is 0 Å². The maximum atomic E-state index is 12.3. The van der Waals surface area contributed by atoms with Gasteiger partial charge in [-0.05, 0) is 18.6 Å². The summed E-state index contributed by atoms with van der Waals surface area (Å²) < 4.78 is 37.0. The van der Waals surface area contributed by atoms with Gasteiger partial charge in [-0.3, -0.25) is 4.79 Å². The Kier molecular flexibility index (Phi) is 3.35. The van der Waals surface area contributed by atoms with E-state index in [1.807, 2.05) is 5.32 Å². The van der Waals surface area contributed by atoms with Gasteiger partial charge in [0.25, 0.3) is 0 Å². The van der Waals surface area contributed by atoms with Gasteiger partial charge < -0.3 is 10.4 Å². The molecule has 0 saturated carbocycles. The van der Waals surface area contributed by atoms with E-state index in [1.54, 1.807) is 0 Å². The highest BCUT2D eigenvalue weighted by atomic mass is 19.4. The maximum absolute atomic E-state index is 12.3. The quantitative estimate of drug-likeness (QED) is 0.737. The van der Waals surface area contributed by atoms with Crippen molar-refractivity contribution in [1.29, 1.82) is 0 Å². The van der Waals surface area contributed by atoms with Crippen LogP contribution in [0.1, 0.15) is 11.3 Å². The van der Waals surface area contributed by atoms with Crippen LogP contribution >= 0.6 is 0 Å². The van der Waals surface area contributed by atoms with Gasteiger partial charge in [0.1, 0.15) is 5.69 Å². The van der Waals surface area contributed by atoms with Crippen LogP contribution in [0.4, 0.5) is 18.9 Å². The van der Waals surface area contributed by atoms with Gasteiger partial charge in [-0.15, -0.1) is 0 Å². The van der Waals surface area contributed by atoms with Crippen molar-refractivity contribution < 1.29 is 27.9 Å². The highest BCUT2D eigenvalue weighted by molar-refractivity contribution is 6.36. The zero-order valence-electron chi connectivity index (χ0n) is 8.50. The van der Waals surface area contributed by atoms with E-state index in [2.05, 4.69) is 4.98 Å². The second-order valence-electron chi connectivity index (χ2n) is 3.15. The van der Waals surface area contributed by atoms with E-state index in [1.165, 1.54) is 0 Å². The molecule has 0 saturated heterocycles. The fourth-order valence-electron chi connectivity index (χ4n) is 1.12. The van der Waals surface area contributed by atoms with Crippen LogP contribution < -0.4 is 5.32 Å². The molecule has 2 N–H and O–H groups in total. The van der Waals surface area contributed by atoms with Crippen LogP contribution in [-0.4, -0.2) is 22.0 Å². The molecule has 1 heterocycles. The number of amides is 1. The molecule has 0 aliphatic rings. The second-order valence-corrected chi connectivity index (χ2v) is 3.15. The summed E-state index contributed by atoms with van der Waals surface area (Å²) in [6.45, 7) is 1.16. The van der Waals surface area contributed by atoms with Crippen LogP contribution in [-0.2, 0) is 15.8 Å². The topological polar surface area (TPSA) is 79.3 Å². The maximum Gasteiger partial charge on any atom is 0.433 e. The number of alkyl halides is 3. The second kappa shape index (κ2) is 4.40. The zero-order chi connectivity index (χ0) is 13.2. The molecule has 0 bridgehead atoms. The molecule has 1 aromatic rings. The molecular formula is C9H7F3N2O3. The number of carboxylic acid groups (broad SMARTS) is 1. The Labute approximate surface area is 93.3 Å². The van der Waals surface area contributed by atoms with E-state index in [0.717, 1.165) is 19.2 Å². The molecule has 1 aromatic heterocycles. The Hall–Kier alpha value is -2.12. The van der Waals surface area contributed by atoms with E-state index in [4.69, 9.17) is 5.11 Å². The molecule has 0 spiro atoms. The van der Waals surface area contributed by atoms with Crippen molar-refractivity contribution in [2.75, 3.05) is 5.32 Å². The first-order valence-electron chi connectivity index (χ1n) is 4.30. The lowest BCUT2D eigenvalue weighted by atomic mass is 10.2. The van der Waals surface area contributed by atoms with Crippen LogP contribution in [0.2, 0.25) is 0 Å². The van der Waals surface area contributed by atoms with Crippen molar-refractivity contribution in [2.24, 2.45) is 0 Å². The third kappa shape index (κ3) is 3.16. The number of carboxylic acids is 1. The average Bonchev–Trinajstić information content (AvgIpc) is 2.15. The number of hydrogen-bond acceptors (Lipinski definition) is 3. The standard InChI is InChI=1S/C9H7F3N2O3/c1-4-2-5(14-7(15)8(16)17)3-13-6(4)9(10,11)12/h2-3H,1H3,(H,14,15)(H,16,17). The lowest BCUT2D eigenvalue weighted by molar-refractivity contribution is -0.147. The normalized spacial score (nSPS) is 11.1. The monoisotopic (exact) mass is 248 g/mol. The number of aryl methyl sites for hydroxylation is 1. The Bertz CT molecular complexity index is 471. The average molecular weight is 248 g/mol. The summed E-state index contributed by atoms with van der Waals surface area (Å²) >= 11 is 0. The first-order valence-corrected chi connectivity index (χ1v) is 4.30. The molecule has 1 amide bonds. The number of hydrogen-bond donors (Lipinski definition) is 2. The smallest absolute Gasteiger partial charge is 0.433 e. The summed E-state index contributed by atoms with van der Waals surface area (Å²) in [7, 11) is 0. The van der Waals surface area contributed by atoms with Crippen molar-refractivity contribution >= 4 is 17.6 Å². The summed E-state index contributed by atoms with van der Waals surface area (Å²) in [5.41, 5.74) is -1.39. The van der Waals surface area contributed by atoms with E-state index >= 15 is 0 Å². The van der Waals surface area contributed by atoms with Gasteiger partial charge in [0.2, 0.25) is 0 Å². The van der Waals surface area contributed by atoms with Crippen LogP contribution in [0.3, 0.4) is 0 Å². The number of aromatic nitrogens is 1. The van der Waals surface area contributed by atoms with Gasteiger partial charge in [-0.25, -0.2) is 9.78 Å². The Morgan fingerprint density at radius 3 is 2.41 bits per heavy atom. The first kappa shape index (κ1) is 12.9. The third-order valence-corrected chi connectivity index (χ3v) is 1.80. The number of nitrogens with one attached hydrogen (secondary N) is 1. The number of nitrogens with zero attached hydrogens (tertiary/aromatic N) is 1. The summed E-state index contributed by atoms with van der Waals surface area (Å²) in [6, 6.07) is 0.997. The van der Waals surface area contributed by atoms with Gasteiger partial charge in [0, 0.05) is 0 Å². The van der Waals surface area contributed by atoms with Crippen molar-refractivity contribution in [3.05, 3.63) is 23.5 Å². The minimum absolute atomic E-state index is 0.108. The number of carbonyl (C=O) groups is 2. The highest BCUT2D eigenvalue weighted by Crippen LogP contribution is 2.30. The lowest BCUT2D eigenvalue weighted by Crippen LogP contribution is -2.22. The molecule has 92 valence electrons. The minimum atomic E-state index is -4.58. The molecule has 0 atom stereocenters. The SMILES string of the molecule is Cc1cc(NC(=O)C(=O)O)cnc1C(F)(F)F. The van der Waals surface area contributed by atoms with Crippen LogP contribution in [0, 0.1) is 6.92 Å². The van der Waals surface area contributed by atoms with Crippen LogP contribution in [0.25, 0.3) is 0 Å². The molecule has 0 radical (unpaired) electrons. The number of carbonyl (C=O) groups excluding carboxylic acids is 1. The number of anilines is 1. The van der Waals surface area contributed by atoms with E-state index in [0.29, 0.717) is 0 Å². The van der Waals surface area contributed by atoms with E-state index < -0.39 is 23.7 Å². The minimum Gasteiger partial charge on any atom is -0.474 e. The Morgan fingerprint density at radius 2 is 2.00 bits per heavy atom. The largest absolute Gasteiger partial charge is 0.474 e. The summed E-state index contributed by atoms with van der Waals surface area (Å²) in [5.74, 6) is -3.08. The molecular weight excluding hydrogens is 241 g/mol. The Balaban J connectivity index is 2.98. The van der Waals surface area contributed by atoms with Crippen LogP contribution in [0.5, 0.6) is 0 Å². The summed E-state index contributed by atoms with van der Waals surface area (Å²) in [5, 5.41) is 10.2. The van der Waals surface area contributed by atoms with Gasteiger partial charge >= 0.3 is 18.1 Å². The van der Waals surface area contributed by atoms with Gasteiger partial charge in [0.05, 0.1) is 11.9 Å².